The number of aliphatic hydroxyl groups excluding tert-OH is 2. The molecule has 2 aliphatic carbocycles. The van der Waals surface area contributed by atoms with E-state index >= 15 is 0 Å². The maximum Gasteiger partial charge on any atom is 0.177 e. The van der Waals surface area contributed by atoms with Gasteiger partial charge in [0.25, 0.3) is 0 Å². The van der Waals surface area contributed by atoms with Crippen LogP contribution in [0.25, 0.3) is 0 Å². The summed E-state index contributed by atoms with van der Waals surface area (Å²) in [7, 11) is 2.04. The van der Waals surface area contributed by atoms with Gasteiger partial charge >= 0.3 is 0 Å². The Morgan fingerprint density at radius 1 is 1.38 bits per heavy atom. The van der Waals surface area contributed by atoms with Crippen molar-refractivity contribution in [2.24, 2.45) is 0 Å². The maximum absolute atomic E-state index is 12.7. The van der Waals surface area contributed by atoms with E-state index in [1.807, 2.05) is 19.2 Å². The molecule has 24 heavy (non-hydrogen) atoms. The van der Waals surface area contributed by atoms with Gasteiger partial charge in [-0.25, -0.2) is 0 Å². The summed E-state index contributed by atoms with van der Waals surface area (Å²) in [6, 6.07) is 3.66. The van der Waals surface area contributed by atoms with Crippen LogP contribution in [-0.2, 0) is 23.2 Å². The van der Waals surface area contributed by atoms with Crippen LogP contribution in [0.15, 0.2) is 12.1 Å². The Hall–Kier alpha value is -1.47. The summed E-state index contributed by atoms with van der Waals surface area (Å²) in [4.78, 5) is 13.9. The van der Waals surface area contributed by atoms with Crippen molar-refractivity contribution in [1.29, 1.82) is 0 Å². The summed E-state index contributed by atoms with van der Waals surface area (Å²) in [5.41, 5.74) is 0.310. The summed E-state index contributed by atoms with van der Waals surface area (Å²) in [6.45, 7) is 0.643. The number of aliphatic hydroxyl groups is 3. The van der Waals surface area contributed by atoms with Crippen molar-refractivity contribution >= 4 is 5.78 Å². The fourth-order valence-electron chi connectivity index (χ4n) is 5.93. The van der Waals surface area contributed by atoms with Gasteiger partial charge in [-0.1, -0.05) is 12.1 Å². The number of quaternary nitrogens is 1. The number of carbonyl (C=O) groups is 1. The number of Topliss-reactive ketones (excluding diaryl/α,β-unsaturated/α-hetero) is 1. The lowest BCUT2D eigenvalue weighted by Crippen LogP contribution is -3.19. The number of ketones is 1. The molecule has 1 saturated heterocycles. The number of rotatable bonds is 1. The van der Waals surface area contributed by atoms with E-state index in [9.17, 15) is 20.1 Å². The van der Waals surface area contributed by atoms with E-state index in [4.69, 9.17) is 4.74 Å². The summed E-state index contributed by atoms with van der Waals surface area (Å²) in [5.74, 6) is 0.400. The second kappa shape index (κ2) is 4.38. The van der Waals surface area contributed by atoms with Crippen molar-refractivity contribution < 1.29 is 29.8 Å². The summed E-state index contributed by atoms with van der Waals surface area (Å²) in [6.07, 6.45) is -0.691. The normalized spacial score (nSPS) is 44.9. The monoisotopic (exact) mass is 332 g/mol. The molecule has 0 amide bonds. The molecule has 0 radical (unpaired) electrons. The van der Waals surface area contributed by atoms with Crippen LogP contribution in [0.2, 0.25) is 0 Å². The molecular weight excluding hydrogens is 310 g/mol. The molecule has 2 bridgehead atoms. The Balaban J connectivity index is 1.87. The maximum atomic E-state index is 12.7. The number of hydrogen-bond acceptors (Lipinski definition) is 5. The van der Waals surface area contributed by atoms with Crippen LogP contribution >= 0.6 is 0 Å². The number of ether oxygens (including phenoxy) is 1. The Morgan fingerprint density at radius 3 is 2.92 bits per heavy atom. The summed E-state index contributed by atoms with van der Waals surface area (Å²) in [5, 5.41) is 32.2. The van der Waals surface area contributed by atoms with E-state index in [0.717, 1.165) is 17.7 Å². The highest BCUT2D eigenvalue weighted by Crippen LogP contribution is 2.61. The zero-order chi connectivity index (χ0) is 16.9. The molecule has 1 spiro atoms. The van der Waals surface area contributed by atoms with E-state index in [0.29, 0.717) is 24.2 Å². The molecule has 1 aromatic carbocycles. The van der Waals surface area contributed by atoms with Crippen LogP contribution in [0.4, 0.5) is 0 Å². The average molecular weight is 332 g/mol. The molecule has 4 N–H and O–H groups in total. The van der Waals surface area contributed by atoms with Gasteiger partial charge in [0.1, 0.15) is 11.8 Å². The highest BCUT2D eigenvalue weighted by molar-refractivity contribution is 5.90. The van der Waals surface area contributed by atoms with Gasteiger partial charge < -0.3 is 25.0 Å². The third-order valence-corrected chi connectivity index (χ3v) is 7.00. The second-order valence-electron chi connectivity index (χ2n) is 7.83. The van der Waals surface area contributed by atoms with Crippen LogP contribution < -0.4 is 9.64 Å². The first kappa shape index (κ1) is 14.8. The van der Waals surface area contributed by atoms with Gasteiger partial charge in [0.15, 0.2) is 17.5 Å². The van der Waals surface area contributed by atoms with Crippen LogP contribution in [0, 0.1) is 0 Å². The fourth-order valence-corrected chi connectivity index (χ4v) is 5.93. The second-order valence-corrected chi connectivity index (χ2v) is 7.83. The molecule has 0 aromatic heterocycles. The first-order chi connectivity index (χ1) is 11.4. The molecule has 128 valence electrons. The Bertz CT molecular complexity index is 764. The van der Waals surface area contributed by atoms with E-state index in [-0.39, 0.29) is 24.9 Å². The van der Waals surface area contributed by atoms with Gasteiger partial charge in [0.05, 0.1) is 31.7 Å². The van der Waals surface area contributed by atoms with Crippen molar-refractivity contribution in [3.8, 4) is 5.75 Å². The number of benzene rings is 1. The van der Waals surface area contributed by atoms with E-state index in [1.54, 1.807) is 0 Å². The number of piperidine rings is 1. The number of likely N-dealkylation sites (N-methyl/N-ethyl adjacent to an activating group) is 1. The predicted molar refractivity (Wildman–Crippen MR) is 82.9 cm³/mol. The standard InChI is InChI=1S/C18H21NO5/c1-19-5-4-17-14-9-2-3-10(8-20)15(14)24-16(17)11(21)7-13(22)18(17,23)12(19)6-9/h2-3,12-13,16,20,22-23H,4-8H2,1H3/p+1/t12-,13-,16+,17+,18+/m1/s1. The number of likely N-dealkylation sites (tertiary alicyclic amines) is 1. The molecule has 6 nitrogen and oxygen atoms in total. The van der Waals surface area contributed by atoms with Crippen LogP contribution in [0.1, 0.15) is 29.5 Å². The van der Waals surface area contributed by atoms with E-state index < -0.39 is 23.2 Å². The molecular formula is C18H22NO5+. The van der Waals surface area contributed by atoms with Gasteiger partial charge in [-0.05, 0) is 5.56 Å². The van der Waals surface area contributed by atoms with Crippen molar-refractivity contribution in [2.75, 3.05) is 13.6 Å². The van der Waals surface area contributed by atoms with Gasteiger partial charge in [-0.3, -0.25) is 4.79 Å². The first-order valence-corrected chi connectivity index (χ1v) is 8.63. The Labute approximate surface area is 139 Å². The van der Waals surface area contributed by atoms with E-state index in [1.165, 1.54) is 4.90 Å². The minimum Gasteiger partial charge on any atom is -0.481 e. The lowest BCUT2D eigenvalue weighted by atomic mass is 9.48. The molecule has 2 aliphatic heterocycles. The van der Waals surface area contributed by atoms with Crippen LogP contribution in [0.5, 0.6) is 5.75 Å². The minimum atomic E-state index is -1.37. The van der Waals surface area contributed by atoms with Crippen molar-refractivity contribution in [3.63, 3.8) is 0 Å². The highest BCUT2D eigenvalue weighted by Gasteiger charge is 2.77. The third-order valence-electron chi connectivity index (χ3n) is 7.00. The molecule has 4 aliphatic rings. The topological polar surface area (TPSA) is 91.4 Å². The highest BCUT2D eigenvalue weighted by atomic mass is 16.5. The quantitative estimate of drug-likeness (QED) is 0.482. The largest absolute Gasteiger partial charge is 0.481 e. The fraction of sp³-hybridized carbons (Fsp3) is 0.611. The van der Waals surface area contributed by atoms with Crippen molar-refractivity contribution in [2.45, 2.75) is 55.1 Å². The molecule has 6 heteroatoms. The smallest absolute Gasteiger partial charge is 0.177 e. The number of hydrogen-bond donors (Lipinski definition) is 4. The summed E-state index contributed by atoms with van der Waals surface area (Å²) < 4.78 is 6.07. The molecule has 2 heterocycles. The molecule has 2 fully saturated rings. The van der Waals surface area contributed by atoms with Gasteiger partial charge in [-0.15, -0.1) is 0 Å². The number of nitrogens with one attached hydrogen (secondary N) is 1. The zero-order valence-corrected chi connectivity index (χ0v) is 13.6. The third kappa shape index (κ3) is 1.34. The average Bonchev–Trinajstić information content (AvgIpc) is 2.91. The lowest BCUT2D eigenvalue weighted by Gasteiger charge is -2.61. The van der Waals surface area contributed by atoms with Gasteiger partial charge in [0, 0.05) is 30.4 Å². The Morgan fingerprint density at radius 2 is 2.17 bits per heavy atom. The van der Waals surface area contributed by atoms with E-state index in [2.05, 4.69) is 0 Å². The molecule has 1 aromatic rings. The molecule has 1 saturated carbocycles. The molecule has 5 rings (SSSR count). The lowest BCUT2D eigenvalue weighted by molar-refractivity contribution is -0.924. The van der Waals surface area contributed by atoms with Crippen LogP contribution in [0.3, 0.4) is 0 Å². The summed E-state index contributed by atoms with van der Waals surface area (Å²) >= 11 is 0. The molecule has 1 unspecified atom stereocenters. The van der Waals surface area contributed by atoms with Gasteiger partial charge in [0.2, 0.25) is 0 Å². The van der Waals surface area contributed by atoms with Crippen LogP contribution in [-0.4, -0.2) is 58.5 Å². The first-order valence-electron chi connectivity index (χ1n) is 8.63. The van der Waals surface area contributed by atoms with Crippen molar-refractivity contribution in [3.05, 3.63) is 28.8 Å². The van der Waals surface area contributed by atoms with Crippen molar-refractivity contribution in [1.82, 2.24) is 0 Å². The zero-order valence-electron chi connectivity index (χ0n) is 13.6. The SMILES string of the molecule is C[NH+]1CC[C@]23c4c5ccc(CO)c4O[C@H]2C(=O)C[C@@H](O)[C@@]3(O)[C@H]1C5. The molecule has 6 atom stereocenters. The predicted octanol–water partition coefficient (Wildman–Crippen LogP) is -1.91. The number of carbonyl (C=O) groups excluding carboxylic acids is 1. The Kier molecular flexibility index (Phi) is 2.71. The minimum absolute atomic E-state index is 0.0789. The van der Waals surface area contributed by atoms with Gasteiger partial charge in [-0.2, -0.15) is 0 Å².